The zero-order valence-electron chi connectivity index (χ0n) is 16.2. The van der Waals surface area contributed by atoms with E-state index >= 15 is 0 Å². The Kier molecular flexibility index (Phi) is 5.89. The lowest BCUT2D eigenvalue weighted by Crippen LogP contribution is -2.54. The molecule has 1 aromatic rings. The van der Waals surface area contributed by atoms with Crippen LogP contribution in [0.3, 0.4) is 0 Å². The first-order chi connectivity index (χ1) is 13.0. The molecule has 1 unspecified atom stereocenters. The zero-order chi connectivity index (χ0) is 19.4. The summed E-state index contributed by atoms with van der Waals surface area (Å²) in [6, 6.07) is 5.66. The lowest BCUT2D eigenvalue weighted by atomic mass is 9.64. The molecule has 1 saturated heterocycles. The fourth-order valence-electron chi connectivity index (χ4n) is 4.21. The molecule has 1 spiro atoms. The van der Waals surface area contributed by atoms with E-state index in [9.17, 15) is 9.59 Å². The van der Waals surface area contributed by atoms with Gasteiger partial charge in [0.15, 0.2) is 11.5 Å². The number of nitrogens with one attached hydrogen (secondary N) is 2. The van der Waals surface area contributed by atoms with Crippen LogP contribution in [0.4, 0.5) is 0 Å². The molecule has 0 radical (unpaired) electrons. The maximum atomic E-state index is 12.1. The summed E-state index contributed by atoms with van der Waals surface area (Å²) >= 11 is 0. The first-order valence-corrected chi connectivity index (χ1v) is 9.36. The van der Waals surface area contributed by atoms with E-state index in [4.69, 9.17) is 14.2 Å². The van der Waals surface area contributed by atoms with E-state index in [-0.39, 0.29) is 11.5 Å². The molecule has 0 aromatic heterocycles. The third-order valence-corrected chi connectivity index (χ3v) is 5.46. The number of carbonyl (C=O) groups excluding carboxylic acids is 2. The molecular formula is C20H28N2O5. The number of para-hydroxylation sites is 1. The Balaban J connectivity index is 1.42. The summed E-state index contributed by atoms with van der Waals surface area (Å²) in [7, 11) is 3.16. The van der Waals surface area contributed by atoms with E-state index in [0.717, 1.165) is 31.4 Å². The summed E-state index contributed by atoms with van der Waals surface area (Å²) in [6.07, 6.45) is 3.64. The molecule has 1 heterocycles. The molecule has 1 atom stereocenters. The molecule has 1 aliphatic carbocycles. The molecule has 7 heteroatoms. The van der Waals surface area contributed by atoms with Crippen LogP contribution in [-0.2, 0) is 20.7 Å². The van der Waals surface area contributed by atoms with Crippen LogP contribution in [0.25, 0.3) is 0 Å². The second kappa shape index (κ2) is 8.17. The van der Waals surface area contributed by atoms with Crippen molar-refractivity contribution < 1.29 is 23.8 Å². The second-order valence-corrected chi connectivity index (χ2v) is 7.56. The van der Waals surface area contributed by atoms with Crippen LogP contribution < -0.4 is 20.1 Å². The molecule has 27 heavy (non-hydrogen) atoms. The van der Waals surface area contributed by atoms with Gasteiger partial charge in [-0.3, -0.25) is 9.59 Å². The molecule has 2 fully saturated rings. The highest BCUT2D eigenvalue weighted by molar-refractivity contribution is 6.35. The van der Waals surface area contributed by atoms with Crippen molar-refractivity contribution in [3.05, 3.63) is 23.8 Å². The predicted molar refractivity (Wildman–Crippen MR) is 99.9 cm³/mol. The van der Waals surface area contributed by atoms with Crippen LogP contribution in [0, 0.1) is 5.41 Å². The average Bonchev–Trinajstić information content (AvgIpc) is 3.02. The van der Waals surface area contributed by atoms with Gasteiger partial charge in [0.2, 0.25) is 0 Å². The molecule has 1 aromatic carbocycles. The summed E-state index contributed by atoms with van der Waals surface area (Å²) in [5.41, 5.74) is 1.12. The third kappa shape index (κ3) is 4.35. The van der Waals surface area contributed by atoms with Crippen molar-refractivity contribution in [2.45, 2.75) is 44.8 Å². The maximum absolute atomic E-state index is 12.1. The van der Waals surface area contributed by atoms with Gasteiger partial charge in [-0.25, -0.2) is 0 Å². The number of ether oxygens (including phenoxy) is 3. The molecule has 2 amide bonds. The van der Waals surface area contributed by atoms with Gasteiger partial charge in [-0.15, -0.1) is 0 Å². The van der Waals surface area contributed by atoms with Crippen molar-refractivity contribution in [1.82, 2.24) is 10.6 Å². The minimum absolute atomic E-state index is 0.0654. The summed E-state index contributed by atoms with van der Waals surface area (Å²) in [5, 5.41) is 5.49. The van der Waals surface area contributed by atoms with Crippen LogP contribution in [0.2, 0.25) is 0 Å². The van der Waals surface area contributed by atoms with Crippen LogP contribution in [-0.4, -0.2) is 51.3 Å². The van der Waals surface area contributed by atoms with Crippen molar-refractivity contribution in [2.75, 3.05) is 27.4 Å². The monoisotopic (exact) mass is 376 g/mol. The predicted octanol–water partition coefficient (Wildman–Crippen LogP) is 1.44. The fourth-order valence-corrected chi connectivity index (χ4v) is 4.21. The molecule has 7 nitrogen and oxygen atoms in total. The smallest absolute Gasteiger partial charge is 0.309 e. The third-order valence-electron chi connectivity index (χ3n) is 5.46. The van der Waals surface area contributed by atoms with Gasteiger partial charge >= 0.3 is 11.8 Å². The van der Waals surface area contributed by atoms with Crippen LogP contribution >= 0.6 is 0 Å². The Hall–Kier alpha value is -2.28. The van der Waals surface area contributed by atoms with Crippen molar-refractivity contribution in [1.29, 1.82) is 0 Å². The van der Waals surface area contributed by atoms with Gasteiger partial charge in [-0.1, -0.05) is 12.1 Å². The number of hydrogen-bond acceptors (Lipinski definition) is 5. The van der Waals surface area contributed by atoms with E-state index in [1.54, 1.807) is 14.2 Å². The van der Waals surface area contributed by atoms with Gasteiger partial charge in [0, 0.05) is 18.0 Å². The largest absolute Gasteiger partial charge is 0.493 e. The zero-order valence-corrected chi connectivity index (χ0v) is 16.2. The van der Waals surface area contributed by atoms with Gasteiger partial charge in [0.1, 0.15) is 0 Å². The Labute approximate surface area is 159 Å². The van der Waals surface area contributed by atoms with Crippen molar-refractivity contribution >= 4 is 11.8 Å². The lowest BCUT2D eigenvalue weighted by Gasteiger charge is -2.44. The second-order valence-electron chi connectivity index (χ2n) is 7.56. The summed E-state index contributed by atoms with van der Waals surface area (Å²) in [4.78, 5) is 24.1. The van der Waals surface area contributed by atoms with Crippen molar-refractivity contribution in [2.24, 2.45) is 5.41 Å². The molecule has 1 aliphatic heterocycles. The van der Waals surface area contributed by atoms with Crippen LogP contribution in [0.15, 0.2) is 18.2 Å². The Bertz CT molecular complexity index is 700. The SMILES string of the molecule is COc1cccc(CCNC(=O)C(=O)NC2CC3(COC(C)C3)C2)c1OC. The van der Waals surface area contributed by atoms with Gasteiger partial charge in [0.05, 0.1) is 26.9 Å². The van der Waals surface area contributed by atoms with Crippen LogP contribution in [0.5, 0.6) is 11.5 Å². The first kappa shape index (κ1) is 19.5. The minimum atomic E-state index is -0.603. The number of carbonyl (C=O) groups is 2. The maximum Gasteiger partial charge on any atom is 0.309 e. The molecule has 2 N–H and O–H groups in total. The van der Waals surface area contributed by atoms with Gasteiger partial charge in [-0.05, 0) is 44.2 Å². The molecule has 0 bridgehead atoms. The highest BCUT2D eigenvalue weighted by Crippen LogP contribution is 2.49. The minimum Gasteiger partial charge on any atom is -0.493 e. The first-order valence-electron chi connectivity index (χ1n) is 9.36. The number of hydrogen-bond donors (Lipinski definition) is 2. The summed E-state index contributed by atoms with van der Waals surface area (Å²) < 4.78 is 16.3. The Morgan fingerprint density at radius 2 is 1.96 bits per heavy atom. The summed E-state index contributed by atoms with van der Waals surface area (Å²) in [6.45, 7) is 3.18. The van der Waals surface area contributed by atoms with E-state index in [2.05, 4.69) is 17.6 Å². The quantitative estimate of drug-likeness (QED) is 0.734. The highest BCUT2D eigenvalue weighted by Gasteiger charge is 2.49. The van der Waals surface area contributed by atoms with E-state index in [1.807, 2.05) is 18.2 Å². The normalized spacial score (nSPS) is 26.3. The standard InChI is InChI=1S/C20H28N2O5/c1-13-9-20(12-27-13)10-15(11-20)22-19(24)18(23)21-8-7-14-5-4-6-16(25-2)17(14)26-3/h4-6,13,15H,7-12H2,1-3H3,(H,21,23)(H,22,24). The average molecular weight is 376 g/mol. The molecule has 3 rings (SSSR count). The van der Waals surface area contributed by atoms with E-state index < -0.39 is 11.8 Å². The summed E-state index contributed by atoms with van der Waals surface area (Å²) in [5.74, 6) is 0.114. The molecular weight excluding hydrogens is 348 g/mol. The Morgan fingerprint density at radius 1 is 1.19 bits per heavy atom. The number of benzene rings is 1. The topological polar surface area (TPSA) is 85.9 Å². The fraction of sp³-hybridized carbons (Fsp3) is 0.600. The van der Waals surface area contributed by atoms with E-state index in [0.29, 0.717) is 30.6 Å². The molecule has 2 aliphatic rings. The molecule has 148 valence electrons. The number of rotatable bonds is 6. The number of amides is 2. The Morgan fingerprint density at radius 3 is 2.59 bits per heavy atom. The number of methoxy groups -OCH3 is 2. The van der Waals surface area contributed by atoms with Gasteiger partial charge in [-0.2, -0.15) is 0 Å². The van der Waals surface area contributed by atoms with Crippen LogP contribution in [0.1, 0.15) is 31.7 Å². The van der Waals surface area contributed by atoms with E-state index in [1.165, 1.54) is 0 Å². The van der Waals surface area contributed by atoms with Crippen molar-refractivity contribution in [3.8, 4) is 11.5 Å². The van der Waals surface area contributed by atoms with Crippen molar-refractivity contribution in [3.63, 3.8) is 0 Å². The lowest BCUT2D eigenvalue weighted by molar-refractivity contribution is -0.140. The molecule has 1 saturated carbocycles. The van der Waals surface area contributed by atoms with Gasteiger partial charge < -0.3 is 24.8 Å². The highest BCUT2D eigenvalue weighted by atomic mass is 16.5. The van der Waals surface area contributed by atoms with Gasteiger partial charge in [0.25, 0.3) is 0 Å².